The molecule has 0 bridgehead atoms. The molecule has 7 heteroatoms. The first-order valence-electron chi connectivity index (χ1n) is 9.33. The molecule has 1 fully saturated rings. The van der Waals surface area contributed by atoms with Gasteiger partial charge in [0.2, 0.25) is 0 Å². The van der Waals surface area contributed by atoms with Crippen molar-refractivity contribution < 1.29 is 9.53 Å². The van der Waals surface area contributed by atoms with E-state index in [2.05, 4.69) is 46.2 Å². The van der Waals surface area contributed by atoms with E-state index in [4.69, 9.17) is 4.74 Å². The molecule has 1 aromatic carbocycles. The molecule has 144 valence electrons. The maximum atomic E-state index is 11.9. The number of hydrogen-bond acceptors (Lipinski definition) is 6. The molecule has 1 saturated heterocycles. The fraction of sp³-hybridized carbons (Fsp3) is 0.450. The Morgan fingerprint density at radius 1 is 1.15 bits per heavy atom. The summed E-state index contributed by atoms with van der Waals surface area (Å²) in [5.74, 6) is 2.37. The second kappa shape index (κ2) is 8.24. The van der Waals surface area contributed by atoms with Crippen LogP contribution in [0.3, 0.4) is 0 Å². The number of amides is 1. The van der Waals surface area contributed by atoms with Gasteiger partial charge in [-0.05, 0) is 44.9 Å². The first-order chi connectivity index (χ1) is 13.0. The maximum absolute atomic E-state index is 11.9. The third-order valence-electron chi connectivity index (χ3n) is 4.82. The van der Waals surface area contributed by atoms with Crippen LogP contribution in [0, 0.1) is 20.8 Å². The van der Waals surface area contributed by atoms with Crippen molar-refractivity contribution in [2.75, 3.05) is 43.0 Å². The molecule has 2 heterocycles. The number of aromatic nitrogens is 2. The van der Waals surface area contributed by atoms with Gasteiger partial charge in [-0.25, -0.2) is 14.8 Å². The molecule has 1 N–H and O–H groups in total. The van der Waals surface area contributed by atoms with E-state index in [0.717, 1.165) is 30.4 Å². The Hall–Kier alpha value is -2.83. The van der Waals surface area contributed by atoms with E-state index in [1.54, 1.807) is 4.90 Å². The Kier molecular flexibility index (Phi) is 5.78. The first-order valence-corrected chi connectivity index (χ1v) is 9.33. The summed E-state index contributed by atoms with van der Waals surface area (Å²) in [6.45, 7) is 11.0. The van der Waals surface area contributed by atoms with Crippen LogP contribution in [0.15, 0.2) is 24.3 Å². The highest BCUT2D eigenvalue weighted by atomic mass is 16.6. The molecule has 0 aliphatic carbocycles. The minimum absolute atomic E-state index is 0.242. The van der Waals surface area contributed by atoms with E-state index >= 15 is 0 Å². The van der Waals surface area contributed by atoms with E-state index in [0.29, 0.717) is 25.5 Å². The lowest BCUT2D eigenvalue weighted by Crippen LogP contribution is -2.49. The molecule has 0 radical (unpaired) electrons. The van der Waals surface area contributed by atoms with Gasteiger partial charge in [0.05, 0.1) is 6.61 Å². The van der Waals surface area contributed by atoms with Crippen LogP contribution in [0.4, 0.5) is 22.1 Å². The SMILES string of the molecule is CCOC(=O)N1CCN(c2cc(Nc3cccc(C)c3C)nc(C)n2)CC1. The quantitative estimate of drug-likeness (QED) is 0.890. The standard InChI is InChI=1S/C20H27N5O2/c1-5-27-20(26)25-11-9-24(10-12-25)19-13-18(21-16(4)22-19)23-17-8-6-7-14(2)15(17)3/h6-8,13H,5,9-12H2,1-4H3,(H,21,22,23). The number of hydrogen-bond donors (Lipinski definition) is 1. The summed E-state index contributed by atoms with van der Waals surface area (Å²) in [6.07, 6.45) is -0.242. The van der Waals surface area contributed by atoms with Crippen LogP contribution < -0.4 is 10.2 Å². The van der Waals surface area contributed by atoms with Crippen LogP contribution in [0.5, 0.6) is 0 Å². The van der Waals surface area contributed by atoms with Crippen molar-refractivity contribution in [3.8, 4) is 0 Å². The van der Waals surface area contributed by atoms with Crippen molar-refractivity contribution in [1.29, 1.82) is 0 Å². The molecule has 0 unspecified atom stereocenters. The van der Waals surface area contributed by atoms with Crippen LogP contribution in [0.1, 0.15) is 23.9 Å². The number of benzene rings is 1. The lowest BCUT2D eigenvalue weighted by molar-refractivity contribution is 0.105. The monoisotopic (exact) mass is 369 g/mol. The average molecular weight is 369 g/mol. The molecular formula is C20H27N5O2. The summed E-state index contributed by atoms with van der Waals surface area (Å²) in [6, 6.07) is 8.15. The lowest BCUT2D eigenvalue weighted by Gasteiger charge is -2.34. The Morgan fingerprint density at radius 2 is 1.89 bits per heavy atom. The Labute approximate surface area is 160 Å². The van der Waals surface area contributed by atoms with Crippen molar-refractivity contribution in [2.45, 2.75) is 27.7 Å². The third kappa shape index (κ3) is 4.48. The number of aryl methyl sites for hydroxylation is 2. The van der Waals surface area contributed by atoms with Crippen LogP contribution in [-0.2, 0) is 4.74 Å². The van der Waals surface area contributed by atoms with E-state index in [1.807, 2.05) is 26.0 Å². The van der Waals surface area contributed by atoms with Crippen molar-refractivity contribution in [1.82, 2.24) is 14.9 Å². The van der Waals surface area contributed by atoms with E-state index in [1.165, 1.54) is 11.1 Å². The predicted octanol–water partition coefficient (Wildman–Crippen LogP) is 3.42. The summed E-state index contributed by atoms with van der Waals surface area (Å²) in [5, 5.41) is 3.41. The van der Waals surface area contributed by atoms with Crippen molar-refractivity contribution in [3.05, 3.63) is 41.2 Å². The normalized spacial score (nSPS) is 14.2. The summed E-state index contributed by atoms with van der Waals surface area (Å²) >= 11 is 0. The van der Waals surface area contributed by atoms with Gasteiger partial charge in [0.25, 0.3) is 0 Å². The third-order valence-corrected chi connectivity index (χ3v) is 4.82. The molecule has 0 spiro atoms. The van der Waals surface area contributed by atoms with Crippen molar-refractivity contribution >= 4 is 23.4 Å². The van der Waals surface area contributed by atoms with Crippen LogP contribution in [0.25, 0.3) is 0 Å². The van der Waals surface area contributed by atoms with Gasteiger partial charge in [-0.1, -0.05) is 12.1 Å². The Balaban J connectivity index is 1.73. The molecule has 0 saturated carbocycles. The fourth-order valence-corrected chi connectivity index (χ4v) is 3.14. The molecule has 1 aromatic heterocycles. The van der Waals surface area contributed by atoms with Gasteiger partial charge >= 0.3 is 6.09 Å². The van der Waals surface area contributed by atoms with Gasteiger partial charge < -0.3 is 19.9 Å². The zero-order valence-electron chi connectivity index (χ0n) is 16.5. The molecule has 2 aromatic rings. The highest BCUT2D eigenvalue weighted by Gasteiger charge is 2.23. The highest BCUT2D eigenvalue weighted by Crippen LogP contribution is 2.24. The second-order valence-corrected chi connectivity index (χ2v) is 6.70. The Morgan fingerprint density at radius 3 is 2.59 bits per heavy atom. The molecule has 1 aliphatic rings. The number of carbonyl (C=O) groups excluding carboxylic acids is 1. The van der Waals surface area contributed by atoms with Gasteiger partial charge in [0.15, 0.2) is 0 Å². The van der Waals surface area contributed by atoms with Crippen LogP contribution in [0.2, 0.25) is 0 Å². The molecule has 27 heavy (non-hydrogen) atoms. The summed E-state index contributed by atoms with van der Waals surface area (Å²) in [4.78, 5) is 24.9. The number of nitrogens with zero attached hydrogens (tertiary/aromatic N) is 4. The summed E-state index contributed by atoms with van der Waals surface area (Å²) in [7, 11) is 0. The lowest BCUT2D eigenvalue weighted by atomic mass is 10.1. The van der Waals surface area contributed by atoms with Gasteiger partial charge in [-0.3, -0.25) is 0 Å². The van der Waals surface area contributed by atoms with Gasteiger partial charge in [0, 0.05) is 37.9 Å². The fourth-order valence-electron chi connectivity index (χ4n) is 3.14. The van der Waals surface area contributed by atoms with E-state index < -0.39 is 0 Å². The smallest absolute Gasteiger partial charge is 0.409 e. The number of rotatable bonds is 4. The minimum atomic E-state index is -0.242. The number of nitrogens with one attached hydrogen (secondary N) is 1. The summed E-state index contributed by atoms with van der Waals surface area (Å²) < 4.78 is 5.08. The van der Waals surface area contributed by atoms with Crippen molar-refractivity contribution in [2.24, 2.45) is 0 Å². The van der Waals surface area contributed by atoms with Crippen molar-refractivity contribution in [3.63, 3.8) is 0 Å². The van der Waals surface area contributed by atoms with Gasteiger partial charge in [0.1, 0.15) is 17.5 Å². The first kappa shape index (κ1) is 18.9. The van der Waals surface area contributed by atoms with Gasteiger partial charge in [-0.2, -0.15) is 0 Å². The van der Waals surface area contributed by atoms with Gasteiger partial charge in [-0.15, -0.1) is 0 Å². The zero-order valence-corrected chi connectivity index (χ0v) is 16.5. The summed E-state index contributed by atoms with van der Waals surface area (Å²) in [5.41, 5.74) is 3.49. The molecule has 7 nitrogen and oxygen atoms in total. The Bertz CT molecular complexity index is 816. The van der Waals surface area contributed by atoms with Crippen LogP contribution in [-0.4, -0.2) is 53.7 Å². The predicted molar refractivity (Wildman–Crippen MR) is 107 cm³/mol. The second-order valence-electron chi connectivity index (χ2n) is 6.70. The maximum Gasteiger partial charge on any atom is 0.409 e. The topological polar surface area (TPSA) is 70.6 Å². The van der Waals surface area contributed by atoms with E-state index in [-0.39, 0.29) is 6.09 Å². The molecule has 1 aliphatic heterocycles. The number of carbonyl (C=O) groups is 1. The van der Waals surface area contributed by atoms with Crippen LogP contribution >= 0.6 is 0 Å². The number of ether oxygens (including phenoxy) is 1. The highest BCUT2D eigenvalue weighted by molar-refractivity contribution is 5.68. The number of piperazine rings is 1. The molecule has 1 amide bonds. The average Bonchev–Trinajstić information content (AvgIpc) is 2.65. The number of anilines is 3. The minimum Gasteiger partial charge on any atom is -0.450 e. The largest absolute Gasteiger partial charge is 0.450 e. The molecule has 3 rings (SSSR count). The zero-order chi connectivity index (χ0) is 19.4. The molecule has 0 atom stereocenters. The van der Waals surface area contributed by atoms with E-state index in [9.17, 15) is 4.79 Å². The molecular weight excluding hydrogens is 342 g/mol.